The van der Waals surface area contributed by atoms with E-state index < -0.39 is 11.7 Å². The molecule has 3 rings (SSSR count). The molecule has 1 saturated heterocycles. The van der Waals surface area contributed by atoms with E-state index in [0.717, 1.165) is 21.6 Å². The molecule has 1 aromatic carbocycles. The molecule has 6 heteroatoms. The summed E-state index contributed by atoms with van der Waals surface area (Å²) in [6.45, 7) is 5.59. The van der Waals surface area contributed by atoms with Gasteiger partial charge in [0.15, 0.2) is 0 Å². The zero-order valence-corrected chi connectivity index (χ0v) is 14.3. The molecule has 24 heavy (non-hydrogen) atoms. The van der Waals surface area contributed by atoms with Crippen LogP contribution in [0.2, 0.25) is 0 Å². The summed E-state index contributed by atoms with van der Waals surface area (Å²) in [5.41, 5.74) is 0.0970. The van der Waals surface area contributed by atoms with E-state index in [4.69, 9.17) is 13.9 Å². The van der Waals surface area contributed by atoms with E-state index >= 15 is 0 Å². The number of nitrogens with zero attached hydrogens (tertiary/aromatic N) is 1. The summed E-state index contributed by atoms with van der Waals surface area (Å²) in [6.07, 6.45) is -0.372. The molecule has 0 bridgehead atoms. The van der Waals surface area contributed by atoms with E-state index in [1.807, 2.05) is 24.3 Å². The minimum absolute atomic E-state index is 0.164. The van der Waals surface area contributed by atoms with Gasteiger partial charge in [0.1, 0.15) is 22.7 Å². The fourth-order valence-corrected chi connectivity index (χ4v) is 2.76. The molecule has 2 aromatic rings. The predicted octanol–water partition coefficient (Wildman–Crippen LogP) is 3.69. The van der Waals surface area contributed by atoms with Gasteiger partial charge in [0.05, 0.1) is 7.11 Å². The zero-order chi connectivity index (χ0) is 17.5. The minimum atomic E-state index is -0.634. The molecule has 1 aliphatic heterocycles. The molecular formula is C18H21NO5. The van der Waals surface area contributed by atoms with Crippen LogP contribution in [-0.2, 0) is 9.53 Å². The van der Waals surface area contributed by atoms with Crippen LogP contribution < -0.4 is 4.74 Å². The first-order valence-electron chi connectivity index (χ1n) is 7.87. The molecule has 2 heterocycles. The number of imide groups is 1. The Morgan fingerprint density at radius 3 is 2.71 bits per heavy atom. The molecule has 0 saturated carbocycles. The predicted molar refractivity (Wildman–Crippen MR) is 88.1 cm³/mol. The fraction of sp³-hybridized carbons (Fsp3) is 0.444. The highest BCUT2D eigenvalue weighted by molar-refractivity contribution is 5.94. The Kier molecular flexibility index (Phi) is 3.99. The molecule has 2 amide bonds. The van der Waals surface area contributed by atoms with Gasteiger partial charge in [-0.3, -0.25) is 4.79 Å². The van der Waals surface area contributed by atoms with Gasteiger partial charge >= 0.3 is 6.09 Å². The van der Waals surface area contributed by atoms with Crippen molar-refractivity contribution in [3.63, 3.8) is 0 Å². The maximum Gasteiger partial charge on any atom is 0.417 e. The van der Waals surface area contributed by atoms with Gasteiger partial charge in [0, 0.05) is 24.3 Å². The maximum atomic E-state index is 12.2. The van der Waals surface area contributed by atoms with Gasteiger partial charge in [0.25, 0.3) is 0 Å². The first kappa shape index (κ1) is 16.4. The van der Waals surface area contributed by atoms with Crippen LogP contribution in [0.15, 0.2) is 28.7 Å². The summed E-state index contributed by atoms with van der Waals surface area (Å²) in [4.78, 5) is 25.5. The Labute approximate surface area is 140 Å². The maximum absolute atomic E-state index is 12.2. The van der Waals surface area contributed by atoms with E-state index in [1.165, 1.54) is 0 Å². The summed E-state index contributed by atoms with van der Waals surface area (Å²) in [5.74, 6) is 1.03. The van der Waals surface area contributed by atoms with Gasteiger partial charge in [-0.2, -0.15) is 0 Å². The normalized spacial score (nSPS) is 18.2. The highest BCUT2D eigenvalue weighted by Crippen LogP contribution is 2.34. The van der Waals surface area contributed by atoms with E-state index in [9.17, 15) is 9.59 Å². The summed E-state index contributed by atoms with van der Waals surface area (Å²) in [5, 5.41) is 0.910. The van der Waals surface area contributed by atoms with Crippen LogP contribution in [-0.4, -0.2) is 36.2 Å². The molecule has 0 N–H and O–H groups in total. The summed E-state index contributed by atoms with van der Waals surface area (Å²) >= 11 is 0. The van der Waals surface area contributed by atoms with Crippen molar-refractivity contribution in [1.82, 2.24) is 4.90 Å². The quantitative estimate of drug-likeness (QED) is 0.839. The summed E-state index contributed by atoms with van der Waals surface area (Å²) in [6, 6.07) is 7.43. The Balaban J connectivity index is 1.79. The number of methoxy groups -OCH3 is 1. The molecule has 1 atom stereocenters. The molecule has 1 aromatic heterocycles. The van der Waals surface area contributed by atoms with Crippen LogP contribution >= 0.6 is 0 Å². The van der Waals surface area contributed by atoms with Crippen molar-refractivity contribution in [2.24, 2.45) is 0 Å². The van der Waals surface area contributed by atoms with Gasteiger partial charge in [-0.1, -0.05) is 0 Å². The average molecular weight is 331 g/mol. The molecule has 128 valence electrons. The average Bonchev–Trinajstić information content (AvgIpc) is 3.07. The lowest BCUT2D eigenvalue weighted by molar-refractivity contribution is -0.127. The van der Waals surface area contributed by atoms with Crippen molar-refractivity contribution in [1.29, 1.82) is 0 Å². The van der Waals surface area contributed by atoms with E-state index in [2.05, 4.69) is 0 Å². The number of hydrogen-bond acceptors (Lipinski definition) is 5. The monoisotopic (exact) mass is 331 g/mol. The number of furan rings is 1. The fourth-order valence-electron chi connectivity index (χ4n) is 2.76. The third-order valence-corrected chi connectivity index (χ3v) is 3.88. The second-order valence-corrected chi connectivity index (χ2v) is 6.94. The number of fused-ring (bicyclic) bond motifs is 1. The lowest BCUT2D eigenvalue weighted by Gasteiger charge is -2.23. The first-order valence-corrected chi connectivity index (χ1v) is 7.87. The number of amides is 2. The minimum Gasteiger partial charge on any atom is -0.497 e. The molecule has 0 aliphatic carbocycles. The van der Waals surface area contributed by atoms with Crippen molar-refractivity contribution in [2.75, 3.05) is 13.7 Å². The van der Waals surface area contributed by atoms with E-state index in [-0.39, 0.29) is 24.8 Å². The second kappa shape index (κ2) is 5.85. The van der Waals surface area contributed by atoms with Crippen molar-refractivity contribution < 1.29 is 23.5 Å². The molecule has 0 unspecified atom stereocenters. The molecule has 0 spiro atoms. The van der Waals surface area contributed by atoms with Crippen LogP contribution in [0.1, 0.15) is 38.9 Å². The standard InChI is InChI=1S/C18H21NO5/c1-18(2,3)24-17(21)19-10-12(9-16(19)20)15-8-11-7-13(22-4)5-6-14(11)23-15/h5-8,12H,9-10H2,1-4H3/t12-/m1/s1. The van der Waals surface area contributed by atoms with Crippen molar-refractivity contribution in [2.45, 2.75) is 38.7 Å². The molecule has 1 aliphatic rings. The van der Waals surface area contributed by atoms with E-state index in [1.54, 1.807) is 27.9 Å². The summed E-state index contributed by atoms with van der Waals surface area (Å²) < 4.78 is 16.3. The van der Waals surface area contributed by atoms with Crippen LogP contribution in [0.5, 0.6) is 5.75 Å². The number of ether oxygens (including phenoxy) is 2. The van der Waals surface area contributed by atoms with Crippen molar-refractivity contribution in [3.05, 3.63) is 30.0 Å². The van der Waals surface area contributed by atoms with Gasteiger partial charge in [-0.05, 0) is 45.0 Å². The third kappa shape index (κ3) is 3.22. The van der Waals surface area contributed by atoms with Gasteiger partial charge < -0.3 is 13.9 Å². The Bertz CT molecular complexity index is 786. The first-order chi connectivity index (χ1) is 11.3. The number of hydrogen-bond donors (Lipinski definition) is 0. The Morgan fingerprint density at radius 1 is 1.29 bits per heavy atom. The van der Waals surface area contributed by atoms with Gasteiger partial charge in [-0.15, -0.1) is 0 Å². The van der Waals surface area contributed by atoms with Crippen LogP contribution in [0.4, 0.5) is 4.79 Å². The third-order valence-electron chi connectivity index (χ3n) is 3.88. The highest BCUT2D eigenvalue weighted by atomic mass is 16.6. The van der Waals surface area contributed by atoms with Crippen molar-refractivity contribution >= 4 is 23.0 Å². The SMILES string of the molecule is COc1ccc2oc([C@@H]3CC(=O)N(C(=O)OC(C)(C)C)C3)cc2c1. The Morgan fingerprint density at radius 2 is 2.04 bits per heavy atom. The summed E-state index contributed by atoms with van der Waals surface area (Å²) in [7, 11) is 1.61. The topological polar surface area (TPSA) is 69.0 Å². The second-order valence-electron chi connectivity index (χ2n) is 6.94. The number of carbonyl (C=O) groups is 2. The lowest BCUT2D eigenvalue weighted by atomic mass is 10.1. The van der Waals surface area contributed by atoms with Gasteiger partial charge in [0.2, 0.25) is 5.91 Å². The number of benzene rings is 1. The molecule has 6 nitrogen and oxygen atoms in total. The van der Waals surface area contributed by atoms with Gasteiger partial charge in [-0.25, -0.2) is 9.69 Å². The van der Waals surface area contributed by atoms with Crippen LogP contribution in [0.25, 0.3) is 11.0 Å². The highest BCUT2D eigenvalue weighted by Gasteiger charge is 2.38. The molecular weight excluding hydrogens is 310 g/mol. The number of rotatable bonds is 2. The smallest absolute Gasteiger partial charge is 0.417 e. The van der Waals surface area contributed by atoms with E-state index in [0.29, 0.717) is 5.76 Å². The lowest BCUT2D eigenvalue weighted by Crippen LogP contribution is -2.37. The number of likely N-dealkylation sites (tertiary alicyclic amines) is 1. The van der Waals surface area contributed by atoms with Crippen LogP contribution in [0, 0.1) is 0 Å². The van der Waals surface area contributed by atoms with Crippen LogP contribution in [0.3, 0.4) is 0 Å². The van der Waals surface area contributed by atoms with Crippen molar-refractivity contribution in [3.8, 4) is 5.75 Å². The zero-order valence-electron chi connectivity index (χ0n) is 14.3. The largest absolute Gasteiger partial charge is 0.497 e. The molecule has 0 radical (unpaired) electrons. The molecule has 1 fully saturated rings. The Hall–Kier alpha value is -2.50. The number of carbonyl (C=O) groups excluding carboxylic acids is 2.